The molecule has 0 saturated heterocycles. The molecule has 1 aromatic heterocycles. The molecule has 0 N–H and O–H groups in total. The first-order valence-corrected chi connectivity index (χ1v) is 9.73. The van der Waals surface area contributed by atoms with E-state index in [0.29, 0.717) is 15.4 Å². The molecule has 3 aromatic rings. The highest BCUT2D eigenvalue weighted by molar-refractivity contribution is 7.16. The predicted octanol–water partition coefficient (Wildman–Crippen LogP) is 3.64. The summed E-state index contributed by atoms with van der Waals surface area (Å²) in [6.07, 6.45) is 0. The summed E-state index contributed by atoms with van der Waals surface area (Å²) >= 11 is 7.59. The Morgan fingerprint density at radius 3 is 2.46 bits per heavy atom. The monoisotopic (exact) mass is 417 g/mol. The van der Waals surface area contributed by atoms with Crippen LogP contribution < -0.4 is 9.70 Å². The van der Waals surface area contributed by atoms with Crippen molar-refractivity contribution in [2.24, 2.45) is 4.99 Å². The van der Waals surface area contributed by atoms with Crippen LogP contribution in [-0.2, 0) is 16.1 Å². The van der Waals surface area contributed by atoms with Crippen molar-refractivity contribution < 1.29 is 14.3 Å². The first-order valence-electron chi connectivity index (χ1n) is 8.53. The van der Waals surface area contributed by atoms with E-state index in [0.717, 1.165) is 21.5 Å². The van der Waals surface area contributed by atoms with Gasteiger partial charge in [-0.1, -0.05) is 22.9 Å². The Bertz CT molecular complexity index is 1110. The number of benzene rings is 2. The molecule has 146 valence electrons. The molecule has 1 heterocycles. The van der Waals surface area contributed by atoms with Crippen molar-refractivity contribution in [2.75, 3.05) is 26.1 Å². The van der Waals surface area contributed by atoms with E-state index in [9.17, 15) is 9.59 Å². The number of thiazole rings is 1. The molecule has 1 amide bonds. The van der Waals surface area contributed by atoms with Gasteiger partial charge in [0.25, 0.3) is 5.91 Å². The van der Waals surface area contributed by atoms with Crippen molar-refractivity contribution in [3.05, 3.63) is 57.3 Å². The number of nitrogens with zero attached hydrogens (tertiary/aromatic N) is 3. The molecule has 6 nitrogen and oxygen atoms in total. The fourth-order valence-corrected chi connectivity index (χ4v) is 4.03. The number of aryl methyl sites for hydroxylation is 1. The Kier molecular flexibility index (Phi) is 5.86. The number of amides is 1. The van der Waals surface area contributed by atoms with Gasteiger partial charge < -0.3 is 14.2 Å². The number of methoxy groups -OCH3 is 1. The number of rotatable bonds is 4. The summed E-state index contributed by atoms with van der Waals surface area (Å²) in [6.45, 7) is 1.82. The summed E-state index contributed by atoms with van der Waals surface area (Å²) in [7, 11) is 5.19. The summed E-state index contributed by atoms with van der Waals surface area (Å²) in [6, 6.07) is 10.9. The van der Waals surface area contributed by atoms with Gasteiger partial charge in [-0.25, -0.2) is 0 Å². The zero-order chi connectivity index (χ0) is 20.4. The van der Waals surface area contributed by atoms with Crippen LogP contribution in [0.25, 0.3) is 10.2 Å². The predicted molar refractivity (Wildman–Crippen MR) is 112 cm³/mol. The molecule has 0 aliphatic carbocycles. The lowest BCUT2D eigenvalue weighted by Gasteiger charge is -2.11. The van der Waals surface area contributed by atoms with Gasteiger partial charge in [0.2, 0.25) is 0 Å². The SMILES string of the molecule is COC(=O)Cn1c(=NC(=O)c2ccc(N(C)C)cc2)sc2ccc(Cl)c(C)c21. The molecule has 2 aromatic carbocycles. The van der Waals surface area contributed by atoms with Gasteiger partial charge in [0.1, 0.15) is 6.54 Å². The normalized spacial score (nSPS) is 11.7. The van der Waals surface area contributed by atoms with Gasteiger partial charge in [0.05, 0.1) is 17.3 Å². The van der Waals surface area contributed by atoms with Crippen LogP contribution in [0, 0.1) is 6.92 Å². The third-order valence-electron chi connectivity index (χ3n) is 4.37. The van der Waals surface area contributed by atoms with E-state index in [1.54, 1.807) is 22.8 Å². The van der Waals surface area contributed by atoms with Gasteiger partial charge in [-0.05, 0) is 48.9 Å². The number of hydrogen-bond acceptors (Lipinski definition) is 5. The fourth-order valence-electron chi connectivity index (χ4n) is 2.79. The molecule has 0 atom stereocenters. The molecule has 3 rings (SSSR count). The highest BCUT2D eigenvalue weighted by Crippen LogP contribution is 2.27. The number of fused-ring (bicyclic) bond motifs is 1. The number of halogens is 1. The first kappa shape index (κ1) is 20.1. The van der Waals surface area contributed by atoms with E-state index < -0.39 is 5.97 Å². The lowest BCUT2D eigenvalue weighted by Crippen LogP contribution is -2.22. The number of anilines is 1. The second-order valence-electron chi connectivity index (χ2n) is 6.42. The molecule has 0 aliphatic heterocycles. The van der Waals surface area contributed by atoms with Crippen LogP contribution in [0.15, 0.2) is 41.4 Å². The third kappa shape index (κ3) is 3.95. The summed E-state index contributed by atoms with van der Waals surface area (Å²) < 4.78 is 7.37. The minimum atomic E-state index is -0.427. The minimum absolute atomic E-state index is 0.0522. The van der Waals surface area contributed by atoms with Crippen molar-refractivity contribution in [1.29, 1.82) is 0 Å². The Balaban J connectivity index is 2.12. The van der Waals surface area contributed by atoms with Crippen molar-refractivity contribution in [3.8, 4) is 0 Å². The van der Waals surface area contributed by atoms with Crippen LogP contribution in [0.5, 0.6) is 0 Å². The standard InChI is InChI=1S/C20H20ClN3O3S/c1-12-15(21)9-10-16-18(12)24(11-17(25)27-4)20(28-16)22-19(26)13-5-7-14(8-6-13)23(2)3/h5-10H,11H2,1-4H3. The van der Waals surface area contributed by atoms with Gasteiger partial charge in [-0.3, -0.25) is 9.59 Å². The molecule has 0 saturated carbocycles. The minimum Gasteiger partial charge on any atom is -0.468 e. The van der Waals surface area contributed by atoms with Crippen LogP contribution in [0.2, 0.25) is 5.02 Å². The first-order chi connectivity index (χ1) is 13.3. The van der Waals surface area contributed by atoms with Crippen molar-refractivity contribution >= 4 is 50.7 Å². The Labute approximate surface area is 171 Å². The van der Waals surface area contributed by atoms with E-state index in [1.165, 1.54) is 18.4 Å². The maximum Gasteiger partial charge on any atom is 0.325 e. The largest absolute Gasteiger partial charge is 0.468 e. The number of esters is 1. The number of ether oxygens (including phenoxy) is 1. The summed E-state index contributed by atoms with van der Waals surface area (Å²) in [5.74, 6) is -0.803. The average molecular weight is 418 g/mol. The maximum absolute atomic E-state index is 12.7. The maximum atomic E-state index is 12.7. The topological polar surface area (TPSA) is 63.9 Å². The van der Waals surface area contributed by atoms with E-state index >= 15 is 0 Å². The van der Waals surface area contributed by atoms with Gasteiger partial charge in [0.15, 0.2) is 4.80 Å². The average Bonchev–Trinajstić information content (AvgIpc) is 3.02. The molecule has 0 spiro atoms. The lowest BCUT2D eigenvalue weighted by atomic mass is 10.2. The molecular formula is C20H20ClN3O3S. The number of hydrogen-bond donors (Lipinski definition) is 0. The van der Waals surface area contributed by atoms with Crippen LogP contribution in [0.3, 0.4) is 0 Å². The highest BCUT2D eigenvalue weighted by atomic mass is 35.5. The Morgan fingerprint density at radius 1 is 1.18 bits per heavy atom. The molecule has 0 bridgehead atoms. The quantitative estimate of drug-likeness (QED) is 0.608. The summed E-state index contributed by atoms with van der Waals surface area (Å²) in [5.41, 5.74) is 3.06. The molecule has 8 heteroatoms. The zero-order valence-electron chi connectivity index (χ0n) is 16.0. The van der Waals surface area contributed by atoms with E-state index in [-0.39, 0.29) is 12.5 Å². The molecule has 0 aliphatic rings. The van der Waals surface area contributed by atoms with E-state index in [2.05, 4.69) is 4.99 Å². The van der Waals surface area contributed by atoms with Gasteiger partial charge in [-0.15, -0.1) is 0 Å². The molecule has 0 radical (unpaired) electrons. The van der Waals surface area contributed by atoms with Gasteiger partial charge in [0, 0.05) is 30.4 Å². The van der Waals surface area contributed by atoms with E-state index in [4.69, 9.17) is 16.3 Å². The molecule has 0 unspecified atom stereocenters. The van der Waals surface area contributed by atoms with E-state index in [1.807, 2.05) is 44.1 Å². The molecule has 0 fully saturated rings. The van der Waals surface area contributed by atoms with Crippen LogP contribution in [0.1, 0.15) is 15.9 Å². The second-order valence-corrected chi connectivity index (χ2v) is 7.84. The summed E-state index contributed by atoms with van der Waals surface area (Å²) in [4.78, 5) is 31.3. The molecular weight excluding hydrogens is 398 g/mol. The molecule has 28 heavy (non-hydrogen) atoms. The van der Waals surface area contributed by atoms with Crippen LogP contribution in [-0.4, -0.2) is 37.6 Å². The zero-order valence-corrected chi connectivity index (χ0v) is 17.6. The highest BCUT2D eigenvalue weighted by Gasteiger charge is 2.15. The lowest BCUT2D eigenvalue weighted by molar-refractivity contribution is -0.141. The Hall–Kier alpha value is -2.64. The Morgan fingerprint density at radius 2 is 1.86 bits per heavy atom. The summed E-state index contributed by atoms with van der Waals surface area (Å²) in [5, 5.41) is 0.584. The van der Waals surface area contributed by atoms with Crippen LogP contribution >= 0.6 is 22.9 Å². The number of aromatic nitrogens is 1. The second kappa shape index (κ2) is 8.16. The van der Waals surface area contributed by atoms with Crippen molar-refractivity contribution in [1.82, 2.24) is 4.57 Å². The van der Waals surface area contributed by atoms with Crippen molar-refractivity contribution in [2.45, 2.75) is 13.5 Å². The smallest absolute Gasteiger partial charge is 0.325 e. The number of carbonyl (C=O) groups is 2. The van der Waals surface area contributed by atoms with Crippen LogP contribution in [0.4, 0.5) is 5.69 Å². The van der Waals surface area contributed by atoms with Crippen molar-refractivity contribution in [3.63, 3.8) is 0 Å². The van der Waals surface area contributed by atoms with Gasteiger partial charge >= 0.3 is 5.97 Å². The fraction of sp³-hybridized carbons (Fsp3) is 0.250. The number of carbonyl (C=O) groups excluding carboxylic acids is 2. The third-order valence-corrected chi connectivity index (χ3v) is 5.83. The van der Waals surface area contributed by atoms with Gasteiger partial charge in [-0.2, -0.15) is 4.99 Å².